The van der Waals surface area contributed by atoms with Gasteiger partial charge in [0.1, 0.15) is 0 Å². The van der Waals surface area contributed by atoms with Crippen molar-refractivity contribution < 1.29 is 9.90 Å². The first-order chi connectivity index (χ1) is 7.13. The van der Waals surface area contributed by atoms with Crippen LogP contribution in [-0.4, -0.2) is 16.1 Å². The van der Waals surface area contributed by atoms with Crippen LogP contribution in [0.3, 0.4) is 0 Å². The maximum Gasteiger partial charge on any atom is 0.306 e. The van der Waals surface area contributed by atoms with Gasteiger partial charge in [-0.25, -0.2) is 0 Å². The van der Waals surface area contributed by atoms with Gasteiger partial charge in [-0.3, -0.25) is 9.78 Å². The van der Waals surface area contributed by atoms with Gasteiger partial charge in [0.05, 0.1) is 5.92 Å². The molecule has 0 saturated heterocycles. The third-order valence-corrected chi connectivity index (χ3v) is 2.39. The molecule has 1 aromatic heterocycles. The van der Waals surface area contributed by atoms with E-state index in [1.54, 1.807) is 0 Å². The average molecular weight is 207 g/mol. The normalized spacial score (nSPS) is 12.4. The van der Waals surface area contributed by atoms with E-state index >= 15 is 0 Å². The average Bonchev–Trinajstić information content (AvgIpc) is 2.17. The molecule has 0 fully saturated rings. The van der Waals surface area contributed by atoms with Crippen LogP contribution in [-0.2, 0) is 11.2 Å². The van der Waals surface area contributed by atoms with Gasteiger partial charge in [0, 0.05) is 17.8 Å². The minimum absolute atomic E-state index is 0.302. The van der Waals surface area contributed by atoms with Crippen LogP contribution in [0.25, 0.3) is 0 Å². The molecule has 1 unspecified atom stereocenters. The van der Waals surface area contributed by atoms with Gasteiger partial charge in [-0.15, -0.1) is 0 Å². The molecule has 15 heavy (non-hydrogen) atoms. The lowest BCUT2D eigenvalue weighted by Crippen LogP contribution is -2.16. The Balaban J connectivity index is 2.69. The summed E-state index contributed by atoms with van der Waals surface area (Å²) in [7, 11) is 0. The van der Waals surface area contributed by atoms with E-state index in [2.05, 4.69) is 4.98 Å². The molecule has 0 aliphatic heterocycles. The minimum Gasteiger partial charge on any atom is -0.481 e. The zero-order valence-corrected chi connectivity index (χ0v) is 9.23. The molecule has 0 saturated carbocycles. The fourth-order valence-electron chi connectivity index (χ4n) is 1.63. The Morgan fingerprint density at radius 3 is 2.80 bits per heavy atom. The molecule has 1 aromatic rings. The number of pyridine rings is 1. The lowest BCUT2D eigenvalue weighted by atomic mass is 9.98. The molecule has 0 aliphatic rings. The van der Waals surface area contributed by atoms with E-state index in [4.69, 9.17) is 5.11 Å². The van der Waals surface area contributed by atoms with Gasteiger partial charge in [-0.1, -0.05) is 19.4 Å². The first-order valence-corrected chi connectivity index (χ1v) is 5.28. The number of rotatable bonds is 5. The number of carboxylic acid groups (broad SMARTS) is 1. The Morgan fingerprint density at radius 1 is 1.53 bits per heavy atom. The molecule has 0 bridgehead atoms. The second kappa shape index (κ2) is 5.49. The van der Waals surface area contributed by atoms with Crippen molar-refractivity contribution >= 4 is 5.97 Å². The fourth-order valence-corrected chi connectivity index (χ4v) is 1.63. The highest BCUT2D eigenvalue weighted by atomic mass is 16.4. The first-order valence-electron chi connectivity index (χ1n) is 5.28. The van der Waals surface area contributed by atoms with Gasteiger partial charge >= 0.3 is 5.97 Å². The molecule has 0 spiro atoms. The molecule has 3 heteroatoms. The predicted molar refractivity (Wildman–Crippen MR) is 58.7 cm³/mol. The third kappa shape index (κ3) is 3.70. The Kier molecular flexibility index (Phi) is 4.28. The molecular weight excluding hydrogens is 190 g/mol. The van der Waals surface area contributed by atoms with Crippen molar-refractivity contribution in [2.45, 2.75) is 33.1 Å². The number of nitrogens with zero attached hydrogens (tertiary/aromatic N) is 1. The highest BCUT2D eigenvalue weighted by molar-refractivity contribution is 5.70. The fraction of sp³-hybridized carbons (Fsp3) is 0.500. The van der Waals surface area contributed by atoms with Crippen molar-refractivity contribution in [3.8, 4) is 0 Å². The molecule has 1 atom stereocenters. The third-order valence-electron chi connectivity index (χ3n) is 2.39. The number of carbonyl (C=O) groups is 1. The Labute approximate surface area is 90.2 Å². The highest BCUT2D eigenvalue weighted by Gasteiger charge is 2.17. The Morgan fingerprint density at radius 2 is 2.27 bits per heavy atom. The van der Waals surface area contributed by atoms with E-state index in [-0.39, 0.29) is 5.92 Å². The second-order valence-corrected chi connectivity index (χ2v) is 3.80. The topological polar surface area (TPSA) is 50.2 Å². The first kappa shape index (κ1) is 11.7. The maximum atomic E-state index is 11.0. The van der Waals surface area contributed by atoms with Gasteiger partial charge in [-0.2, -0.15) is 0 Å². The lowest BCUT2D eigenvalue weighted by Gasteiger charge is -2.10. The van der Waals surface area contributed by atoms with E-state index in [1.807, 2.05) is 32.0 Å². The molecule has 0 aromatic carbocycles. The molecule has 0 radical (unpaired) electrons. The molecule has 0 aliphatic carbocycles. The van der Waals surface area contributed by atoms with Gasteiger partial charge in [0.15, 0.2) is 0 Å². The van der Waals surface area contributed by atoms with Crippen LogP contribution in [0.5, 0.6) is 0 Å². The Hall–Kier alpha value is -1.38. The summed E-state index contributed by atoms with van der Waals surface area (Å²) in [6.45, 7) is 3.92. The monoisotopic (exact) mass is 207 g/mol. The van der Waals surface area contributed by atoms with E-state index in [0.717, 1.165) is 17.8 Å². The lowest BCUT2D eigenvalue weighted by molar-refractivity contribution is -0.142. The quantitative estimate of drug-likeness (QED) is 0.806. The second-order valence-electron chi connectivity index (χ2n) is 3.80. The number of hydrogen-bond acceptors (Lipinski definition) is 2. The van der Waals surface area contributed by atoms with Crippen LogP contribution < -0.4 is 0 Å². The highest BCUT2D eigenvalue weighted by Crippen LogP contribution is 2.13. The van der Waals surface area contributed by atoms with Crippen LogP contribution in [0.15, 0.2) is 18.2 Å². The Bertz CT molecular complexity index is 336. The van der Waals surface area contributed by atoms with Crippen molar-refractivity contribution in [1.82, 2.24) is 4.98 Å². The predicted octanol–water partition coefficient (Wildman–Crippen LogP) is 2.43. The largest absolute Gasteiger partial charge is 0.481 e. The summed E-state index contributed by atoms with van der Waals surface area (Å²) in [5.41, 5.74) is 1.81. The summed E-state index contributed by atoms with van der Waals surface area (Å²) in [6.07, 6.45) is 2.14. The molecule has 0 amide bonds. The van der Waals surface area contributed by atoms with Crippen LogP contribution in [0.4, 0.5) is 0 Å². The summed E-state index contributed by atoms with van der Waals surface area (Å²) in [5.74, 6) is -1.02. The molecule has 3 nitrogen and oxygen atoms in total. The van der Waals surface area contributed by atoms with Crippen molar-refractivity contribution in [3.05, 3.63) is 29.6 Å². The summed E-state index contributed by atoms with van der Waals surface area (Å²) in [5, 5.41) is 9.01. The van der Waals surface area contributed by atoms with Gasteiger partial charge in [0.2, 0.25) is 0 Å². The molecule has 1 heterocycles. The van der Waals surface area contributed by atoms with E-state index < -0.39 is 5.97 Å². The summed E-state index contributed by atoms with van der Waals surface area (Å²) < 4.78 is 0. The number of aliphatic carboxylic acids is 1. The van der Waals surface area contributed by atoms with Gasteiger partial charge < -0.3 is 5.11 Å². The molecule has 82 valence electrons. The minimum atomic E-state index is -0.722. The van der Waals surface area contributed by atoms with Crippen LogP contribution in [0.2, 0.25) is 0 Å². The van der Waals surface area contributed by atoms with Crippen molar-refractivity contribution in [2.24, 2.45) is 5.92 Å². The number of aryl methyl sites for hydroxylation is 1. The van der Waals surface area contributed by atoms with E-state index in [1.165, 1.54) is 0 Å². The molecule has 1 N–H and O–H groups in total. The zero-order valence-electron chi connectivity index (χ0n) is 9.23. The standard InChI is InChI=1S/C12H17NO2/c1-3-5-10(12(14)15)8-11-7-4-6-9(2)13-11/h4,6-7,10H,3,5,8H2,1-2H3,(H,14,15). The smallest absolute Gasteiger partial charge is 0.306 e. The number of aromatic nitrogens is 1. The van der Waals surface area contributed by atoms with Gasteiger partial charge in [-0.05, 0) is 25.5 Å². The van der Waals surface area contributed by atoms with Crippen molar-refractivity contribution in [2.75, 3.05) is 0 Å². The summed E-state index contributed by atoms with van der Waals surface area (Å²) >= 11 is 0. The van der Waals surface area contributed by atoms with Crippen LogP contribution in [0.1, 0.15) is 31.2 Å². The number of hydrogen-bond donors (Lipinski definition) is 1. The van der Waals surface area contributed by atoms with E-state index in [9.17, 15) is 4.79 Å². The SMILES string of the molecule is CCCC(Cc1cccc(C)n1)C(=O)O. The summed E-state index contributed by atoms with van der Waals surface area (Å²) in [4.78, 5) is 15.3. The van der Waals surface area contributed by atoms with Crippen molar-refractivity contribution in [1.29, 1.82) is 0 Å². The van der Waals surface area contributed by atoms with Crippen LogP contribution in [0, 0.1) is 12.8 Å². The maximum absolute atomic E-state index is 11.0. The van der Waals surface area contributed by atoms with E-state index in [0.29, 0.717) is 12.8 Å². The summed E-state index contributed by atoms with van der Waals surface area (Å²) in [6, 6.07) is 5.72. The zero-order chi connectivity index (χ0) is 11.3. The number of carboxylic acids is 1. The van der Waals surface area contributed by atoms with Crippen LogP contribution >= 0.6 is 0 Å². The van der Waals surface area contributed by atoms with Crippen molar-refractivity contribution in [3.63, 3.8) is 0 Å². The molecule has 1 rings (SSSR count). The van der Waals surface area contributed by atoms with Gasteiger partial charge in [0.25, 0.3) is 0 Å². The molecular formula is C12H17NO2.